The molecule has 1 aliphatic rings. The second-order valence-corrected chi connectivity index (χ2v) is 3.59. The molecule has 4 heteroatoms. The van der Waals surface area contributed by atoms with Crippen LogP contribution in [0.1, 0.15) is 20.3 Å². The number of hydrogen-bond acceptors (Lipinski definition) is 3. The van der Waals surface area contributed by atoms with E-state index >= 15 is 0 Å². The maximum atomic E-state index is 12.8. The second-order valence-electron chi connectivity index (χ2n) is 3.59. The van der Waals surface area contributed by atoms with Crippen molar-refractivity contribution >= 4 is 0 Å². The average Bonchev–Trinajstić information content (AvgIpc) is 2.67. The highest BCUT2D eigenvalue weighted by molar-refractivity contribution is 5.17. The van der Waals surface area contributed by atoms with Gasteiger partial charge < -0.3 is 14.8 Å². The zero-order valence-corrected chi connectivity index (χ0v) is 9.47. The van der Waals surface area contributed by atoms with Gasteiger partial charge in [0.1, 0.15) is 17.7 Å². The molecule has 0 bridgehead atoms. The van der Waals surface area contributed by atoms with E-state index in [1.807, 2.05) is 0 Å². The Balaban J connectivity index is 2.68. The Morgan fingerprint density at radius 3 is 2.67 bits per heavy atom. The SMILES string of the molecule is CO/C(C)=C(/C=C(\C)F)OC1CCNC1. The molecule has 1 saturated heterocycles. The zero-order valence-electron chi connectivity index (χ0n) is 9.47. The molecule has 1 unspecified atom stereocenters. The van der Waals surface area contributed by atoms with Gasteiger partial charge in [-0.1, -0.05) is 0 Å². The van der Waals surface area contributed by atoms with Gasteiger partial charge in [-0.3, -0.25) is 0 Å². The summed E-state index contributed by atoms with van der Waals surface area (Å²) in [5.41, 5.74) is 0. The lowest BCUT2D eigenvalue weighted by molar-refractivity contribution is 0.123. The molecule has 15 heavy (non-hydrogen) atoms. The first-order chi connectivity index (χ1) is 7.13. The van der Waals surface area contributed by atoms with Crippen LogP contribution in [-0.2, 0) is 9.47 Å². The molecule has 1 atom stereocenters. The first-order valence-electron chi connectivity index (χ1n) is 5.09. The van der Waals surface area contributed by atoms with E-state index < -0.39 is 0 Å². The summed E-state index contributed by atoms with van der Waals surface area (Å²) in [6, 6.07) is 0. The van der Waals surface area contributed by atoms with Gasteiger partial charge in [-0.05, 0) is 26.8 Å². The molecule has 3 nitrogen and oxygen atoms in total. The Labute approximate surface area is 89.9 Å². The second kappa shape index (κ2) is 5.75. The fraction of sp³-hybridized carbons (Fsp3) is 0.636. The van der Waals surface area contributed by atoms with Crippen LogP contribution in [0.4, 0.5) is 4.39 Å². The molecule has 0 aromatic carbocycles. The van der Waals surface area contributed by atoms with E-state index in [2.05, 4.69) is 5.32 Å². The molecule has 1 aliphatic heterocycles. The number of ether oxygens (including phenoxy) is 2. The minimum absolute atomic E-state index is 0.112. The van der Waals surface area contributed by atoms with Gasteiger partial charge in [0.2, 0.25) is 0 Å². The molecule has 0 aromatic heterocycles. The number of rotatable bonds is 4. The summed E-state index contributed by atoms with van der Waals surface area (Å²) in [5.74, 6) is 0.789. The van der Waals surface area contributed by atoms with Gasteiger partial charge in [0.05, 0.1) is 7.11 Å². The van der Waals surface area contributed by atoms with Crippen molar-refractivity contribution in [3.8, 4) is 0 Å². The first-order valence-corrected chi connectivity index (χ1v) is 5.09. The van der Waals surface area contributed by atoms with Crippen molar-refractivity contribution in [2.24, 2.45) is 0 Å². The quantitative estimate of drug-likeness (QED) is 0.575. The van der Waals surface area contributed by atoms with Crippen LogP contribution in [0.25, 0.3) is 0 Å². The molecule has 0 saturated carbocycles. The molecular weight excluding hydrogens is 197 g/mol. The molecule has 0 spiro atoms. The van der Waals surface area contributed by atoms with Crippen molar-refractivity contribution in [2.75, 3.05) is 20.2 Å². The minimum Gasteiger partial charge on any atom is -0.498 e. The smallest absolute Gasteiger partial charge is 0.159 e. The Bertz CT molecular complexity index is 264. The van der Waals surface area contributed by atoms with Crippen molar-refractivity contribution in [1.29, 1.82) is 0 Å². The van der Waals surface area contributed by atoms with E-state index in [0.29, 0.717) is 11.5 Å². The van der Waals surface area contributed by atoms with Gasteiger partial charge in [-0.15, -0.1) is 0 Å². The maximum Gasteiger partial charge on any atom is 0.159 e. The molecule has 1 rings (SSSR count). The normalized spacial score (nSPS) is 23.7. The van der Waals surface area contributed by atoms with E-state index in [-0.39, 0.29) is 11.9 Å². The monoisotopic (exact) mass is 215 g/mol. The summed E-state index contributed by atoms with van der Waals surface area (Å²) in [7, 11) is 1.55. The molecular formula is C11H18FNO2. The summed E-state index contributed by atoms with van der Waals surface area (Å²) in [4.78, 5) is 0. The largest absolute Gasteiger partial charge is 0.498 e. The van der Waals surface area contributed by atoms with Crippen LogP contribution in [0.2, 0.25) is 0 Å². The van der Waals surface area contributed by atoms with Gasteiger partial charge in [0.15, 0.2) is 5.76 Å². The lowest BCUT2D eigenvalue weighted by Gasteiger charge is -2.15. The maximum absolute atomic E-state index is 12.8. The standard InChI is InChI=1S/C11H18FNO2/c1-8(12)6-11(9(2)14-3)15-10-4-5-13-7-10/h6,10,13H,4-5,7H2,1-3H3/b8-6+,11-9-. The zero-order chi connectivity index (χ0) is 11.3. The van der Waals surface area contributed by atoms with Gasteiger partial charge in [-0.2, -0.15) is 0 Å². The van der Waals surface area contributed by atoms with E-state index in [1.54, 1.807) is 14.0 Å². The van der Waals surface area contributed by atoms with Crippen LogP contribution in [0.15, 0.2) is 23.4 Å². The molecule has 0 radical (unpaired) electrons. The van der Waals surface area contributed by atoms with Crippen LogP contribution >= 0.6 is 0 Å². The molecule has 1 heterocycles. The number of allylic oxidation sites excluding steroid dienone is 3. The van der Waals surface area contributed by atoms with Crippen molar-refractivity contribution in [2.45, 2.75) is 26.4 Å². The number of methoxy groups -OCH3 is 1. The van der Waals surface area contributed by atoms with Crippen LogP contribution < -0.4 is 5.32 Å². The number of nitrogens with one attached hydrogen (secondary N) is 1. The average molecular weight is 215 g/mol. The Morgan fingerprint density at radius 1 is 1.47 bits per heavy atom. The van der Waals surface area contributed by atoms with E-state index in [0.717, 1.165) is 19.5 Å². The number of halogens is 1. The fourth-order valence-corrected chi connectivity index (χ4v) is 1.41. The van der Waals surface area contributed by atoms with E-state index in [4.69, 9.17) is 9.47 Å². The van der Waals surface area contributed by atoms with Crippen LogP contribution in [0.3, 0.4) is 0 Å². The molecule has 0 amide bonds. The Hall–Kier alpha value is -1.03. The van der Waals surface area contributed by atoms with Gasteiger partial charge in [0, 0.05) is 12.6 Å². The minimum atomic E-state index is -0.285. The lowest BCUT2D eigenvalue weighted by Crippen LogP contribution is -2.16. The molecule has 0 aromatic rings. The van der Waals surface area contributed by atoms with Crippen LogP contribution in [0, 0.1) is 0 Å². The van der Waals surface area contributed by atoms with Gasteiger partial charge in [0.25, 0.3) is 0 Å². The third-order valence-electron chi connectivity index (χ3n) is 2.29. The Kier molecular flexibility index (Phi) is 4.62. The summed E-state index contributed by atoms with van der Waals surface area (Å²) >= 11 is 0. The fourth-order valence-electron chi connectivity index (χ4n) is 1.41. The molecule has 1 N–H and O–H groups in total. The van der Waals surface area contributed by atoms with Gasteiger partial charge in [-0.25, -0.2) is 4.39 Å². The van der Waals surface area contributed by atoms with Crippen molar-refractivity contribution in [1.82, 2.24) is 5.32 Å². The Morgan fingerprint density at radius 2 is 2.20 bits per heavy atom. The first kappa shape index (κ1) is 12.0. The highest BCUT2D eigenvalue weighted by Gasteiger charge is 2.17. The topological polar surface area (TPSA) is 30.5 Å². The van der Waals surface area contributed by atoms with Gasteiger partial charge >= 0.3 is 0 Å². The van der Waals surface area contributed by atoms with E-state index in [9.17, 15) is 4.39 Å². The number of hydrogen-bond donors (Lipinski definition) is 1. The highest BCUT2D eigenvalue weighted by atomic mass is 19.1. The van der Waals surface area contributed by atoms with Crippen LogP contribution in [-0.4, -0.2) is 26.3 Å². The summed E-state index contributed by atoms with van der Waals surface area (Å²) in [6.45, 7) is 4.90. The van der Waals surface area contributed by atoms with Crippen molar-refractivity contribution in [3.63, 3.8) is 0 Å². The third-order valence-corrected chi connectivity index (χ3v) is 2.29. The molecule has 1 fully saturated rings. The predicted octanol–water partition coefficient (Wildman–Crippen LogP) is 2.12. The summed E-state index contributed by atoms with van der Waals surface area (Å²) in [5, 5.41) is 3.19. The summed E-state index contributed by atoms with van der Waals surface area (Å²) < 4.78 is 23.5. The lowest BCUT2D eigenvalue weighted by atomic mass is 10.3. The predicted molar refractivity (Wildman–Crippen MR) is 56.9 cm³/mol. The van der Waals surface area contributed by atoms with Crippen molar-refractivity contribution in [3.05, 3.63) is 23.4 Å². The highest BCUT2D eigenvalue weighted by Crippen LogP contribution is 2.16. The third kappa shape index (κ3) is 3.91. The molecule has 0 aliphatic carbocycles. The van der Waals surface area contributed by atoms with E-state index in [1.165, 1.54) is 13.0 Å². The summed E-state index contributed by atoms with van der Waals surface area (Å²) in [6.07, 6.45) is 2.41. The molecule has 86 valence electrons. The van der Waals surface area contributed by atoms with Crippen LogP contribution in [0.5, 0.6) is 0 Å². The van der Waals surface area contributed by atoms with Crippen molar-refractivity contribution < 1.29 is 13.9 Å².